The largest absolute Gasteiger partial charge is 0.389 e. The Bertz CT molecular complexity index is 164. The molecule has 1 aliphatic heterocycles. The van der Waals surface area contributed by atoms with Gasteiger partial charge in [0.15, 0.2) is 0 Å². The Hall–Kier alpha value is -0.650. The van der Waals surface area contributed by atoms with Crippen LogP contribution in [0.1, 0.15) is 6.42 Å². The summed E-state index contributed by atoms with van der Waals surface area (Å²) in [5.41, 5.74) is 4.95. The number of likely N-dealkylation sites (tertiary alicyclic amines) is 1. The number of carbonyl (C=O) groups excluding carboxylic acids is 1. The lowest BCUT2D eigenvalue weighted by molar-refractivity contribution is -0.118. The zero-order chi connectivity index (χ0) is 9.14. The van der Waals surface area contributed by atoms with Crippen molar-refractivity contribution in [1.29, 1.82) is 0 Å². The number of hydrogen-bond acceptors (Lipinski definition) is 4. The molecule has 1 fully saturated rings. The van der Waals surface area contributed by atoms with Crippen molar-refractivity contribution in [3.05, 3.63) is 0 Å². The lowest BCUT2D eigenvalue weighted by Crippen LogP contribution is -2.27. The molecule has 1 amide bonds. The summed E-state index contributed by atoms with van der Waals surface area (Å²) in [4.78, 5) is 12.2. The lowest BCUT2D eigenvalue weighted by atomic mass is 10.3. The molecule has 1 heterocycles. The van der Waals surface area contributed by atoms with Gasteiger partial charge in [0, 0.05) is 26.1 Å². The molecule has 4 N–H and O–H groups in total. The highest BCUT2D eigenvalue weighted by Crippen LogP contribution is 2.09. The zero-order valence-corrected chi connectivity index (χ0v) is 6.81. The second kappa shape index (κ2) is 3.84. The third kappa shape index (κ3) is 2.44. The first-order valence-electron chi connectivity index (χ1n) is 3.96. The van der Waals surface area contributed by atoms with E-state index in [-0.39, 0.29) is 12.3 Å². The fourth-order valence-corrected chi connectivity index (χ4v) is 1.30. The van der Waals surface area contributed by atoms with Crippen molar-refractivity contribution in [2.24, 2.45) is 5.73 Å². The normalized spacial score (nSPS) is 30.8. The Morgan fingerprint density at radius 3 is 2.33 bits per heavy atom. The molecule has 5 nitrogen and oxygen atoms in total. The molecular formula is C7H14N2O3. The van der Waals surface area contributed by atoms with Gasteiger partial charge in [-0.1, -0.05) is 0 Å². The second-order valence-corrected chi connectivity index (χ2v) is 3.11. The number of carbonyl (C=O) groups is 1. The van der Waals surface area contributed by atoms with Gasteiger partial charge in [-0.05, 0) is 0 Å². The van der Waals surface area contributed by atoms with Gasteiger partial charge in [0.1, 0.15) is 0 Å². The smallest absolute Gasteiger partial charge is 0.218 e. The minimum absolute atomic E-state index is 0.277. The first-order chi connectivity index (χ1) is 5.59. The van der Waals surface area contributed by atoms with Crippen LogP contribution in [0.4, 0.5) is 0 Å². The molecule has 2 atom stereocenters. The summed E-state index contributed by atoms with van der Waals surface area (Å²) in [6, 6.07) is 0. The van der Waals surface area contributed by atoms with E-state index in [4.69, 9.17) is 15.9 Å². The van der Waals surface area contributed by atoms with Gasteiger partial charge in [0.2, 0.25) is 5.91 Å². The Labute approximate surface area is 70.8 Å². The number of aliphatic hydroxyl groups excluding tert-OH is 2. The van der Waals surface area contributed by atoms with E-state index < -0.39 is 12.2 Å². The lowest BCUT2D eigenvalue weighted by Gasteiger charge is -2.12. The van der Waals surface area contributed by atoms with Crippen molar-refractivity contribution in [2.45, 2.75) is 18.6 Å². The maximum atomic E-state index is 10.4. The fourth-order valence-electron chi connectivity index (χ4n) is 1.30. The summed E-state index contributed by atoms with van der Waals surface area (Å²) in [6.45, 7) is 1.37. The quantitative estimate of drug-likeness (QED) is 0.457. The molecule has 1 saturated heterocycles. The second-order valence-electron chi connectivity index (χ2n) is 3.11. The van der Waals surface area contributed by atoms with Crippen LogP contribution in [-0.4, -0.2) is 52.9 Å². The molecule has 0 unspecified atom stereocenters. The highest BCUT2D eigenvalue weighted by Gasteiger charge is 2.28. The SMILES string of the molecule is NC(=O)CCN1C[C@@H](O)[C@@H](O)C1. The van der Waals surface area contributed by atoms with Gasteiger partial charge in [-0.25, -0.2) is 0 Å². The Balaban J connectivity index is 2.23. The number of nitrogens with zero attached hydrogens (tertiary/aromatic N) is 1. The summed E-state index contributed by atoms with van der Waals surface area (Å²) < 4.78 is 0. The van der Waals surface area contributed by atoms with Crippen LogP contribution in [0.3, 0.4) is 0 Å². The van der Waals surface area contributed by atoms with E-state index in [1.54, 1.807) is 0 Å². The van der Waals surface area contributed by atoms with E-state index in [1.807, 2.05) is 4.90 Å². The molecular weight excluding hydrogens is 160 g/mol. The van der Waals surface area contributed by atoms with E-state index in [9.17, 15) is 4.79 Å². The Kier molecular flexibility index (Phi) is 3.02. The Morgan fingerprint density at radius 2 is 1.92 bits per heavy atom. The van der Waals surface area contributed by atoms with Crippen LogP contribution in [0, 0.1) is 0 Å². The van der Waals surface area contributed by atoms with Crippen molar-refractivity contribution in [1.82, 2.24) is 4.90 Å². The third-order valence-corrected chi connectivity index (χ3v) is 2.01. The van der Waals surface area contributed by atoms with Crippen molar-refractivity contribution in [3.63, 3.8) is 0 Å². The van der Waals surface area contributed by atoms with E-state index in [0.29, 0.717) is 19.6 Å². The average Bonchev–Trinajstić information content (AvgIpc) is 2.28. The molecule has 0 radical (unpaired) electrons. The molecule has 1 rings (SSSR count). The van der Waals surface area contributed by atoms with Crippen molar-refractivity contribution < 1.29 is 15.0 Å². The van der Waals surface area contributed by atoms with Crippen LogP contribution in [0.5, 0.6) is 0 Å². The van der Waals surface area contributed by atoms with E-state index in [2.05, 4.69) is 0 Å². The van der Waals surface area contributed by atoms with Gasteiger partial charge in [-0.2, -0.15) is 0 Å². The van der Waals surface area contributed by atoms with Crippen LogP contribution in [0.15, 0.2) is 0 Å². The number of amides is 1. The molecule has 12 heavy (non-hydrogen) atoms. The summed E-state index contributed by atoms with van der Waals surface area (Å²) >= 11 is 0. The van der Waals surface area contributed by atoms with Gasteiger partial charge in [-0.3, -0.25) is 9.69 Å². The highest BCUT2D eigenvalue weighted by atomic mass is 16.3. The van der Waals surface area contributed by atoms with Crippen LogP contribution in [0.25, 0.3) is 0 Å². The third-order valence-electron chi connectivity index (χ3n) is 2.01. The average molecular weight is 174 g/mol. The number of rotatable bonds is 3. The van der Waals surface area contributed by atoms with Crippen molar-refractivity contribution in [2.75, 3.05) is 19.6 Å². The number of hydrogen-bond donors (Lipinski definition) is 3. The van der Waals surface area contributed by atoms with Gasteiger partial charge >= 0.3 is 0 Å². The van der Waals surface area contributed by atoms with Crippen LogP contribution in [-0.2, 0) is 4.79 Å². The predicted molar refractivity (Wildman–Crippen MR) is 42.3 cm³/mol. The maximum absolute atomic E-state index is 10.4. The molecule has 1 aliphatic rings. The van der Waals surface area contributed by atoms with Gasteiger partial charge in [0.05, 0.1) is 12.2 Å². The van der Waals surface area contributed by atoms with Gasteiger partial charge < -0.3 is 15.9 Å². The predicted octanol–water partition coefficient (Wildman–Crippen LogP) is -2.10. The molecule has 0 saturated carbocycles. The van der Waals surface area contributed by atoms with Crippen LogP contribution < -0.4 is 5.73 Å². The molecule has 0 aromatic rings. The first kappa shape index (κ1) is 9.44. The topological polar surface area (TPSA) is 86.8 Å². The molecule has 70 valence electrons. The van der Waals surface area contributed by atoms with Crippen LogP contribution >= 0.6 is 0 Å². The van der Waals surface area contributed by atoms with E-state index in [1.165, 1.54) is 0 Å². The minimum Gasteiger partial charge on any atom is -0.389 e. The van der Waals surface area contributed by atoms with E-state index in [0.717, 1.165) is 0 Å². The monoisotopic (exact) mass is 174 g/mol. The summed E-state index contributed by atoms with van der Waals surface area (Å²) in [5, 5.41) is 18.3. The first-order valence-corrected chi connectivity index (χ1v) is 3.96. The molecule has 0 aliphatic carbocycles. The summed E-state index contributed by atoms with van der Waals surface area (Å²) in [7, 11) is 0. The minimum atomic E-state index is -0.683. The fraction of sp³-hybridized carbons (Fsp3) is 0.857. The number of primary amides is 1. The summed E-state index contributed by atoms with van der Waals surface area (Å²) in [5.74, 6) is -0.356. The molecule has 0 aromatic carbocycles. The molecule has 0 spiro atoms. The van der Waals surface area contributed by atoms with Crippen molar-refractivity contribution in [3.8, 4) is 0 Å². The number of aliphatic hydroxyl groups is 2. The van der Waals surface area contributed by atoms with Gasteiger partial charge in [0.25, 0.3) is 0 Å². The highest BCUT2D eigenvalue weighted by molar-refractivity contribution is 5.73. The Morgan fingerprint density at radius 1 is 1.42 bits per heavy atom. The standard InChI is InChI=1S/C7H14N2O3/c8-7(12)1-2-9-3-5(10)6(11)4-9/h5-6,10-11H,1-4H2,(H2,8,12)/t5-,6+. The van der Waals surface area contributed by atoms with E-state index >= 15 is 0 Å². The number of β-amino-alcohol motifs (C(OH)–C–C–N with tert-alkyl or cyclic N) is 2. The molecule has 0 bridgehead atoms. The van der Waals surface area contributed by atoms with Gasteiger partial charge in [-0.15, -0.1) is 0 Å². The van der Waals surface area contributed by atoms with Crippen molar-refractivity contribution >= 4 is 5.91 Å². The van der Waals surface area contributed by atoms with Crippen LogP contribution in [0.2, 0.25) is 0 Å². The number of nitrogens with two attached hydrogens (primary N) is 1. The zero-order valence-electron chi connectivity index (χ0n) is 6.81. The summed E-state index contributed by atoms with van der Waals surface area (Å²) in [6.07, 6.45) is -1.09. The molecule has 5 heteroatoms. The molecule has 0 aromatic heterocycles. The maximum Gasteiger partial charge on any atom is 0.218 e.